The highest BCUT2D eigenvalue weighted by Crippen LogP contribution is 2.22. The van der Waals surface area contributed by atoms with Gasteiger partial charge in [0.1, 0.15) is 5.69 Å². The first kappa shape index (κ1) is 19.3. The van der Waals surface area contributed by atoms with Crippen LogP contribution in [0.25, 0.3) is 11.7 Å². The molecule has 0 radical (unpaired) electrons. The van der Waals surface area contributed by atoms with Gasteiger partial charge >= 0.3 is 5.69 Å². The Labute approximate surface area is 180 Å². The van der Waals surface area contributed by atoms with Gasteiger partial charge < -0.3 is 15.4 Å². The van der Waals surface area contributed by atoms with Gasteiger partial charge in [0.2, 0.25) is 11.8 Å². The minimum absolute atomic E-state index is 0.0751. The van der Waals surface area contributed by atoms with Gasteiger partial charge in [-0.1, -0.05) is 23.7 Å². The molecule has 3 heterocycles. The minimum atomic E-state index is -0.501. The number of halogens is 1. The zero-order chi connectivity index (χ0) is 21.5. The third-order valence-corrected chi connectivity index (χ3v) is 5.23. The van der Waals surface area contributed by atoms with Gasteiger partial charge in [0.15, 0.2) is 5.65 Å². The second-order valence-electron chi connectivity index (χ2n) is 7.45. The van der Waals surface area contributed by atoms with Gasteiger partial charge in [0, 0.05) is 10.2 Å². The summed E-state index contributed by atoms with van der Waals surface area (Å²) in [6, 6.07) is 7.71. The average molecular weight is 439 g/mol. The number of aromatic amines is 2. The summed E-state index contributed by atoms with van der Waals surface area (Å²) < 4.78 is 1.56. The Bertz CT molecular complexity index is 1430. The van der Waals surface area contributed by atoms with Gasteiger partial charge in [0.25, 0.3) is 5.62 Å². The van der Waals surface area contributed by atoms with Crippen LogP contribution >= 0.6 is 11.6 Å². The number of aromatic nitrogens is 6. The zero-order valence-electron chi connectivity index (χ0n) is 16.5. The van der Waals surface area contributed by atoms with Gasteiger partial charge in [-0.2, -0.15) is 19.6 Å². The lowest BCUT2D eigenvalue weighted by molar-refractivity contribution is 0.454. The molecule has 31 heavy (non-hydrogen) atoms. The van der Waals surface area contributed by atoms with Gasteiger partial charge in [-0.3, -0.25) is 4.98 Å². The first-order chi connectivity index (χ1) is 15.0. The predicted octanol–water partition coefficient (Wildman–Crippen LogP) is 1.28. The predicted molar refractivity (Wildman–Crippen MR) is 115 cm³/mol. The van der Waals surface area contributed by atoms with E-state index in [1.165, 1.54) is 0 Å². The molecule has 5 rings (SSSR count). The molecule has 3 aromatic heterocycles. The minimum Gasteiger partial charge on any atom is -0.493 e. The Balaban J connectivity index is 1.61. The van der Waals surface area contributed by atoms with Crippen LogP contribution in [0.15, 0.2) is 40.2 Å². The molecule has 4 N–H and O–H groups in total. The molecule has 0 amide bonds. The number of hydrogen-bond acceptors (Lipinski definition) is 7. The average Bonchev–Trinajstić information content (AvgIpc) is 3.37. The van der Waals surface area contributed by atoms with Crippen molar-refractivity contribution in [1.82, 2.24) is 29.5 Å². The summed E-state index contributed by atoms with van der Waals surface area (Å²) in [4.78, 5) is 30.1. The summed E-state index contributed by atoms with van der Waals surface area (Å²) >= 11 is 5.99. The topological polar surface area (TPSA) is 136 Å². The van der Waals surface area contributed by atoms with Crippen molar-refractivity contribution in [2.75, 3.05) is 5.32 Å². The van der Waals surface area contributed by atoms with Crippen molar-refractivity contribution in [1.29, 1.82) is 0 Å². The molecule has 0 unspecified atom stereocenters. The first-order valence-corrected chi connectivity index (χ1v) is 10.2. The molecule has 11 heteroatoms. The molecule has 158 valence electrons. The van der Waals surface area contributed by atoms with Crippen molar-refractivity contribution in [3.8, 4) is 5.88 Å². The molecule has 1 aliphatic carbocycles. The summed E-state index contributed by atoms with van der Waals surface area (Å²) in [5, 5.41) is 18.8. The molecule has 10 nitrogen and oxygen atoms in total. The number of rotatable bonds is 5. The molecular weight excluding hydrogens is 420 g/mol. The van der Waals surface area contributed by atoms with Gasteiger partial charge in [-0.05, 0) is 43.5 Å². The van der Waals surface area contributed by atoms with Crippen LogP contribution in [-0.2, 0) is 0 Å². The van der Waals surface area contributed by atoms with Crippen molar-refractivity contribution in [3.63, 3.8) is 0 Å². The quantitative estimate of drug-likeness (QED) is 0.370. The fourth-order valence-corrected chi connectivity index (χ4v) is 3.30. The van der Waals surface area contributed by atoms with Crippen LogP contribution < -0.4 is 21.8 Å². The summed E-state index contributed by atoms with van der Waals surface area (Å²) in [6.45, 7) is 2.00. The third-order valence-electron chi connectivity index (χ3n) is 4.97. The lowest BCUT2D eigenvalue weighted by Gasteiger charge is -2.14. The monoisotopic (exact) mass is 438 g/mol. The maximum atomic E-state index is 11.4. The van der Waals surface area contributed by atoms with E-state index in [4.69, 9.17) is 11.6 Å². The number of H-pyrrole nitrogens is 2. The molecule has 0 aliphatic heterocycles. The van der Waals surface area contributed by atoms with E-state index in [0.29, 0.717) is 27.5 Å². The molecule has 1 fully saturated rings. The number of aromatic hydroxyl groups is 1. The SMILES string of the molecule is C[C@@H](Nc1nc(=NC2CC2)n2nc/c(=C\c3[nH]c(=O)[nH]c3O)c2n1)c1ccc(Cl)cc1. The van der Waals surface area contributed by atoms with Gasteiger partial charge in [0.05, 0.1) is 18.3 Å². The van der Waals surface area contributed by atoms with Crippen molar-refractivity contribution in [3.05, 3.63) is 68.1 Å². The van der Waals surface area contributed by atoms with Crippen LogP contribution in [-0.4, -0.2) is 40.7 Å². The fraction of sp³-hybridized carbons (Fsp3) is 0.250. The summed E-state index contributed by atoms with van der Waals surface area (Å²) in [5.41, 5.74) is 1.72. The van der Waals surface area contributed by atoms with Crippen LogP contribution in [0.1, 0.15) is 37.1 Å². The van der Waals surface area contributed by atoms with E-state index in [1.807, 2.05) is 31.2 Å². The van der Waals surface area contributed by atoms with Crippen molar-refractivity contribution in [2.24, 2.45) is 4.99 Å². The van der Waals surface area contributed by atoms with E-state index in [1.54, 1.807) is 16.8 Å². The molecule has 1 aromatic carbocycles. The molecular formula is C20H19ClN8O2. The van der Waals surface area contributed by atoms with Gasteiger partial charge in [-0.15, -0.1) is 0 Å². The van der Waals surface area contributed by atoms with E-state index < -0.39 is 5.69 Å². The van der Waals surface area contributed by atoms with Crippen LogP contribution in [0.2, 0.25) is 5.02 Å². The van der Waals surface area contributed by atoms with E-state index in [9.17, 15) is 9.90 Å². The second kappa shape index (κ2) is 7.55. The van der Waals surface area contributed by atoms with Crippen molar-refractivity contribution < 1.29 is 5.11 Å². The summed E-state index contributed by atoms with van der Waals surface area (Å²) in [5.74, 6) is 0.146. The molecule has 0 bridgehead atoms. The largest absolute Gasteiger partial charge is 0.493 e. The smallest absolute Gasteiger partial charge is 0.326 e. The normalized spacial score (nSPS) is 16.2. The number of nitrogens with one attached hydrogen (secondary N) is 3. The third kappa shape index (κ3) is 4.02. The highest BCUT2D eigenvalue weighted by Gasteiger charge is 2.21. The molecule has 1 aliphatic rings. The Morgan fingerprint density at radius 1 is 1.29 bits per heavy atom. The van der Waals surface area contributed by atoms with E-state index in [2.05, 4.69) is 35.3 Å². The maximum Gasteiger partial charge on any atom is 0.326 e. The second-order valence-corrected chi connectivity index (χ2v) is 7.88. The number of benzene rings is 1. The summed E-state index contributed by atoms with van der Waals surface area (Å²) in [7, 11) is 0. The number of imidazole rings is 1. The zero-order valence-corrected chi connectivity index (χ0v) is 17.3. The van der Waals surface area contributed by atoms with Gasteiger partial charge in [-0.25, -0.2) is 9.79 Å². The Morgan fingerprint density at radius 3 is 2.74 bits per heavy atom. The van der Waals surface area contributed by atoms with Crippen molar-refractivity contribution in [2.45, 2.75) is 31.8 Å². The number of nitrogens with zero attached hydrogens (tertiary/aromatic N) is 5. The molecule has 1 saturated carbocycles. The van der Waals surface area contributed by atoms with E-state index >= 15 is 0 Å². The fourth-order valence-electron chi connectivity index (χ4n) is 3.17. The number of anilines is 1. The lowest BCUT2D eigenvalue weighted by atomic mass is 10.1. The van der Waals surface area contributed by atoms with E-state index in [-0.39, 0.29) is 23.7 Å². The van der Waals surface area contributed by atoms with Crippen LogP contribution in [0.3, 0.4) is 0 Å². The standard InChI is InChI=1S/C20H19ClN8O2/c1-10(11-2-4-13(21)5-3-11)23-18-26-16-12(8-15-17(30)27-20(31)25-15)9-22-29(16)19(28-18)24-14-6-7-14/h2-5,8-10,14,30H,6-7H2,1H3,(H,23,24,28)(H2,25,27,31)/b12-8+/t10-/m1/s1. The van der Waals surface area contributed by atoms with Crippen LogP contribution in [0.5, 0.6) is 5.88 Å². The van der Waals surface area contributed by atoms with Crippen molar-refractivity contribution >= 4 is 29.3 Å². The number of hydrogen-bond donors (Lipinski definition) is 4. The Kier molecular flexibility index (Phi) is 4.70. The maximum absolute atomic E-state index is 11.4. The molecule has 1 atom stereocenters. The lowest BCUT2D eigenvalue weighted by Crippen LogP contribution is -2.25. The number of fused-ring (bicyclic) bond motifs is 1. The first-order valence-electron chi connectivity index (χ1n) is 9.81. The highest BCUT2D eigenvalue weighted by atomic mass is 35.5. The summed E-state index contributed by atoms with van der Waals surface area (Å²) in [6.07, 6.45) is 5.23. The highest BCUT2D eigenvalue weighted by molar-refractivity contribution is 6.30. The Hall–Kier alpha value is -3.66. The molecule has 4 aromatic rings. The Morgan fingerprint density at radius 2 is 2.06 bits per heavy atom. The molecule has 0 saturated heterocycles. The van der Waals surface area contributed by atoms with Crippen LogP contribution in [0, 0.1) is 0 Å². The molecule has 0 spiro atoms. The van der Waals surface area contributed by atoms with Crippen LogP contribution in [0.4, 0.5) is 5.95 Å². The van der Waals surface area contributed by atoms with E-state index in [0.717, 1.165) is 18.4 Å².